The van der Waals surface area contributed by atoms with Gasteiger partial charge in [-0.05, 0) is 37.6 Å². The Morgan fingerprint density at radius 2 is 1.74 bits per heavy atom. The minimum Gasteiger partial charge on any atom is -0.358 e. The van der Waals surface area contributed by atoms with Crippen molar-refractivity contribution < 1.29 is 4.79 Å². The molecule has 1 saturated heterocycles. The number of hydrogen-bond acceptors (Lipinski definition) is 3. The highest BCUT2D eigenvalue weighted by molar-refractivity contribution is 5.97. The first-order chi connectivity index (χ1) is 13.1. The summed E-state index contributed by atoms with van der Waals surface area (Å²) in [6.45, 7) is 7.06. The molecular formula is C22H24N4O. The van der Waals surface area contributed by atoms with Crippen molar-refractivity contribution >= 4 is 11.7 Å². The highest BCUT2D eigenvalue weighted by Gasteiger charge is 2.25. The molecule has 3 aromatic rings. The van der Waals surface area contributed by atoms with Crippen LogP contribution in [-0.4, -0.2) is 47.0 Å². The first-order valence-corrected chi connectivity index (χ1v) is 9.34. The highest BCUT2D eigenvalue weighted by atomic mass is 16.2. The Morgan fingerprint density at radius 3 is 2.41 bits per heavy atom. The molecule has 4 rings (SSSR count). The summed E-state index contributed by atoms with van der Waals surface area (Å²) in [5, 5.41) is 0. The molecular weight excluding hydrogens is 336 g/mol. The van der Waals surface area contributed by atoms with E-state index in [1.54, 1.807) is 0 Å². The van der Waals surface area contributed by atoms with Crippen molar-refractivity contribution in [1.29, 1.82) is 0 Å². The Hall–Kier alpha value is -3.08. The summed E-state index contributed by atoms with van der Waals surface area (Å²) in [4.78, 5) is 25.0. The zero-order chi connectivity index (χ0) is 18.8. The first kappa shape index (κ1) is 17.3. The number of H-pyrrole nitrogens is 1. The van der Waals surface area contributed by atoms with Crippen molar-refractivity contribution in [3.05, 3.63) is 71.5 Å². The summed E-state index contributed by atoms with van der Waals surface area (Å²) in [7, 11) is 0. The summed E-state index contributed by atoms with van der Waals surface area (Å²) in [5.41, 5.74) is 4.99. The van der Waals surface area contributed by atoms with Crippen molar-refractivity contribution in [3.63, 3.8) is 0 Å². The van der Waals surface area contributed by atoms with Crippen LogP contribution in [0.4, 0.5) is 5.82 Å². The molecule has 1 aliphatic rings. The second-order valence-electron chi connectivity index (χ2n) is 7.05. The van der Waals surface area contributed by atoms with Crippen LogP contribution in [0.2, 0.25) is 0 Å². The average Bonchev–Trinajstić information content (AvgIpc) is 3.10. The normalized spacial score (nSPS) is 14.4. The van der Waals surface area contributed by atoms with Crippen molar-refractivity contribution in [3.8, 4) is 11.3 Å². The van der Waals surface area contributed by atoms with Gasteiger partial charge in [0.1, 0.15) is 5.82 Å². The number of nitrogens with zero attached hydrogens (tertiary/aromatic N) is 3. The summed E-state index contributed by atoms with van der Waals surface area (Å²) in [6.07, 6.45) is 1.81. The lowest BCUT2D eigenvalue weighted by atomic mass is 10.1. The van der Waals surface area contributed by atoms with Crippen molar-refractivity contribution in [2.45, 2.75) is 13.8 Å². The number of carbonyl (C=O) groups is 1. The molecule has 5 nitrogen and oxygen atoms in total. The minimum atomic E-state index is 0.0998. The van der Waals surface area contributed by atoms with Crippen LogP contribution in [0.5, 0.6) is 0 Å². The van der Waals surface area contributed by atoms with Gasteiger partial charge in [0.05, 0.1) is 5.56 Å². The zero-order valence-electron chi connectivity index (χ0n) is 15.8. The summed E-state index contributed by atoms with van der Waals surface area (Å²) in [5.74, 6) is 1.08. The van der Waals surface area contributed by atoms with Gasteiger partial charge in [-0.15, -0.1) is 0 Å². The number of aromatic nitrogens is 2. The number of piperazine rings is 1. The van der Waals surface area contributed by atoms with Crippen molar-refractivity contribution in [2.75, 3.05) is 31.1 Å². The fourth-order valence-corrected chi connectivity index (χ4v) is 3.52. The number of rotatable bonds is 3. The van der Waals surface area contributed by atoms with Crippen LogP contribution in [-0.2, 0) is 0 Å². The van der Waals surface area contributed by atoms with E-state index in [4.69, 9.17) is 0 Å². The fraction of sp³-hybridized carbons (Fsp3) is 0.273. The summed E-state index contributed by atoms with van der Waals surface area (Å²) >= 11 is 0. The standard InChI is InChI=1S/C22H24N4O/c1-16-6-8-18(9-7-16)20-15-19(17(2)24-20)22(27)26-13-11-25(12-14-26)21-5-3-4-10-23-21/h3-10,15,24H,11-14H2,1-2H3. The smallest absolute Gasteiger partial charge is 0.255 e. The minimum absolute atomic E-state index is 0.0998. The summed E-state index contributed by atoms with van der Waals surface area (Å²) in [6, 6.07) is 16.3. The van der Waals surface area contributed by atoms with Gasteiger partial charge in [-0.1, -0.05) is 35.9 Å². The van der Waals surface area contributed by atoms with Gasteiger partial charge >= 0.3 is 0 Å². The molecule has 27 heavy (non-hydrogen) atoms. The third-order valence-electron chi connectivity index (χ3n) is 5.15. The van der Waals surface area contributed by atoms with E-state index in [0.29, 0.717) is 13.1 Å². The van der Waals surface area contributed by atoms with Gasteiger partial charge < -0.3 is 14.8 Å². The molecule has 138 valence electrons. The lowest BCUT2D eigenvalue weighted by molar-refractivity contribution is 0.0746. The van der Waals surface area contributed by atoms with Crippen LogP contribution >= 0.6 is 0 Å². The molecule has 0 bridgehead atoms. The van der Waals surface area contributed by atoms with E-state index in [2.05, 4.69) is 46.1 Å². The monoisotopic (exact) mass is 360 g/mol. The molecule has 2 aromatic heterocycles. The van der Waals surface area contributed by atoms with Crippen LogP contribution in [0, 0.1) is 13.8 Å². The maximum atomic E-state index is 13.0. The third-order valence-corrected chi connectivity index (χ3v) is 5.15. The topological polar surface area (TPSA) is 52.2 Å². The van der Waals surface area contributed by atoms with E-state index in [1.807, 2.05) is 42.3 Å². The molecule has 0 atom stereocenters. The first-order valence-electron chi connectivity index (χ1n) is 9.34. The Kier molecular flexibility index (Phi) is 4.67. The lowest BCUT2D eigenvalue weighted by Crippen LogP contribution is -2.49. The van der Waals surface area contributed by atoms with E-state index in [1.165, 1.54) is 5.56 Å². The number of amides is 1. The number of carbonyl (C=O) groups excluding carboxylic acids is 1. The average molecular weight is 360 g/mol. The van der Waals surface area contributed by atoms with Gasteiger partial charge in [-0.3, -0.25) is 4.79 Å². The molecule has 1 amide bonds. The predicted octanol–water partition coefficient (Wildman–Crippen LogP) is 3.66. The van der Waals surface area contributed by atoms with E-state index in [9.17, 15) is 4.79 Å². The fourth-order valence-electron chi connectivity index (χ4n) is 3.52. The van der Waals surface area contributed by atoms with E-state index in [-0.39, 0.29) is 5.91 Å². The molecule has 3 heterocycles. The maximum absolute atomic E-state index is 13.0. The second kappa shape index (κ2) is 7.27. The van der Waals surface area contributed by atoms with Crippen LogP contribution in [0.25, 0.3) is 11.3 Å². The predicted molar refractivity (Wildman–Crippen MR) is 108 cm³/mol. The molecule has 1 aliphatic heterocycles. The highest BCUT2D eigenvalue weighted by Crippen LogP contribution is 2.24. The van der Waals surface area contributed by atoms with Gasteiger partial charge in [0.2, 0.25) is 0 Å². The van der Waals surface area contributed by atoms with Gasteiger partial charge in [0, 0.05) is 43.8 Å². The van der Waals surface area contributed by atoms with E-state index >= 15 is 0 Å². The largest absolute Gasteiger partial charge is 0.358 e. The molecule has 0 unspecified atom stereocenters. The van der Waals surface area contributed by atoms with Gasteiger partial charge in [-0.2, -0.15) is 0 Å². The molecule has 0 saturated carbocycles. The number of hydrogen-bond donors (Lipinski definition) is 1. The van der Waals surface area contributed by atoms with Gasteiger partial charge in [0.15, 0.2) is 0 Å². The van der Waals surface area contributed by atoms with Crippen LogP contribution in [0.15, 0.2) is 54.7 Å². The quantitative estimate of drug-likeness (QED) is 0.776. The molecule has 5 heteroatoms. The van der Waals surface area contributed by atoms with Gasteiger partial charge in [0.25, 0.3) is 5.91 Å². The number of aryl methyl sites for hydroxylation is 2. The number of nitrogens with one attached hydrogen (secondary N) is 1. The molecule has 1 N–H and O–H groups in total. The lowest BCUT2D eigenvalue weighted by Gasteiger charge is -2.35. The van der Waals surface area contributed by atoms with Crippen molar-refractivity contribution in [1.82, 2.24) is 14.9 Å². The van der Waals surface area contributed by atoms with Crippen molar-refractivity contribution in [2.24, 2.45) is 0 Å². The third kappa shape index (κ3) is 3.58. The van der Waals surface area contributed by atoms with Gasteiger partial charge in [-0.25, -0.2) is 4.98 Å². The number of pyridine rings is 1. The van der Waals surface area contributed by atoms with Crippen LogP contribution in [0.3, 0.4) is 0 Å². The molecule has 1 aromatic carbocycles. The zero-order valence-corrected chi connectivity index (χ0v) is 15.8. The van der Waals surface area contributed by atoms with E-state index in [0.717, 1.165) is 41.4 Å². The summed E-state index contributed by atoms with van der Waals surface area (Å²) < 4.78 is 0. The van der Waals surface area contributed by atoms with E-state index < -0.39 is 0 Å². The Balaban J connectivity index is 1.47. The molecule has 0 radical (unpaired) electrons. The number of aromatic amines is 1. The Labute approximate surface area is 159 Å². The maximum Gasteiger partial charge on any atom is 0.255 e. The molecule has 1 fully saturated rings. The number of anilines is 1. The van der Waals surface area contributed by atoms with Crippen LogP contribution in [0.1, 0.15) is 21.6 Å². The molecule has 0 spiro atoms. The molecule has 0 aliphatic carbocycles. The second-order valence-corrected chi connectivity index (χ2v) is 7.05. The SMILES string of the molecule is Cc1ccc(-c2cc(C(=O)N3CCN(c4ccccn4)CC3)c(C)[nH]2)cc1. The Bertz CT molecular complexity index is 923. The number of benzene rings is 1. The Morgan fingerprint density at radius 1 is 1.00 bits per heavy atom. The van der Waals surface area contributed by atoms with Crippen LogP contribution < -0.4 is 4.90 Å².